The van der Waals surface area contributed by atoms with Crippen molar-refractivity contribution in [1.82, 2.24) is 10.1 Å². The van der Waals surface area contributed by atoms with Crippen LogP contribution in [0, 0.1) is 6.92 Å². The molecule has 2 heterocycles. The Bertz CT molecular complexity index is 494. The van der Waals surface area contributed by atoms with Gasteiger partial charge in [-0.05, 0) is 6.92 Å². The van der Waals surface area contributed by atoms with Gasteiger partial charge in [0.1, 0.15) is 11.4 Å². The number of carbonyl (C=O) groups is 1. The number of aromatic nitrogens is 2. The van der Waals surface area contributed by atoms with E-state index in [4.69, 9.17) is 11.6 Å². The average molecular weight is 244 g/mol. The number of thiazole rings is 1. The number of nitrogens with zero attached hydrogens (tertiary/aromatic N) is 2. The second-order valence-electron chi connectivity index (χ2n) is 2.78. The van der Waals surface area contributed by atoms with E-state index in [1.54, 1.807) is 12.3 Å². The number of nitrogens with one attached hydrogen (secondary N) is 1. The van der Waals surface area contributed by atoms with Crippen LogP contribution in [-0.2, 0) is 0 Å². The lowest BCUT2D eigenvalue weighted by Crippen LogP contribution is -2.12. The maximum absolute atomic E-state index is 11.6. The summed E-state index contributed by atoms with van der Waals surface area (Å²) < 4.78 is 4.68. The monoisotopic (exact) mass is 243 g/mol. The van der Waals surface area contributed by atoms with Gasteiger partial charge in [0.05, 0.1) is 0 Å². The van der Waals surface area contributed by atoms with E-state index < -0.39 is 0 Å². The first-order valence-corrected chi connectivity index (χ1v) is 5.26. The van der Waals surface area contributed by atoms with E-state index in [0.29, 0.717) is 16.0 Å². The van der Waals surface area contributed by atoms with Crippen LogP contribution in [0.2, 0.25) is 5.15 Å². The molecule has 0 saturated heterocycles. The molecule has 0 bridgehead atoms. The zero-order chi connectivity index (χ0) is 10.8. The molecule has 1 amide bonds. The summed E-state index contributed by atoms with van der Waals surface area (Å²) in [6.45, 7) is 1.78. The SMILES string of the molecule is Cc1conc1NC(=O)c1nc(Cl)cs1. The van der Waals surface area contributed by atoms with E-state index in [2.05, 4.69) is 20.0 Å². The number of hydrogen-bond donors (Lipinski definition) is 1. The first-order chi connectivity index (χ1) is 7.16. The molecule has 15 heavy (non-hydrogen) atoms. The smallest absolute Gasteiger partial charge is 0.285 e. The molecular weight excluding hydrogens is 238 g/mol. The van der Waals surface area contributed by atoms with Gasteiger partial charge < -0.3 is 9.84 Å². The zero-order valence-corrected chi connectivity index (χ0v) is 9.22. The summed E-state index contributed by atoms with van der Waals surface area (Å²) in [6, 6.07) is 0. The Labute approximate surface area is 94.1 Å². The first-order valence-electron chi connectivity index (χ1n) is 4.00. The van der Waals surface area contributed by atoms with Crippen LogP contribution in [0.15, 0.2) is 16.2 Å². The van der Waals surface area contributed by atoms with Crippen molar-refractivity contribution >= 4 is 34.7 Å². The molecule has 0 aliphatic carbocycles. The molecule has 0 aliphatic heterocycles. The maximum atomic E-state index is 11.6. The maximum Gasteiger partial charge on any atom is 0.285 e. The van der Waals surface area contributed by atoms with Gasteiger partial charge >= 0.3 is 0 Å². The molecule has 7 heteroatoms. The summed E-state index contributed by atoms with van der Waals surface area (Å²) in [6.07, 6.45) is 1.45. The number of carbonyl (C=O) groups excluding carboxylic acids is 1. The fourth-order valence-corrected chi connectivity index (χ4v) is 1.77. The lowest BCUT2D eigenvalue weighted by atomic mass is 10.4. The third-order valence-electron chi connectivity index (χ3n) is 1.65. The minimum atomic E-state index is -0.344. The second-order valence-corrected chi connectivity index (χ2v) is 4.02. The normalized spacial score (nSPS) is 10.3. The molecule has 0 spiro atoms. The minimum Gasteiger partial charge on any atom is -0.362 e. The van der Waals surface area contributed by atoms with Crippen LogP contribution in [0.5, 0.6) is 0 Å². The van der Waals surface area contributed by atoms with Crippen LogP contribution in [0.3, 0.4) is 0 Å². The molecule has 0 radical (unpaired) electrons. The van der Waals surface area contributed by atoms with E-state index in [1.807, 2.05) is 0 Å². The number of hydrogen-bond acceptors (Lipinski definition) is 5. The topological polar surface area (TPSA) is 68.0 Å². The average Bonchev–Trinajstić information content (AvgIpc) is 2.77. The van der Waals surface area contributed by atoms with Crippen molar-refractivity contribution in [2.24, 2.45) is 0 Å². The molecule has 0 atom stereocenters. The molecule has 0 unspecified atom stereocenters. The van der Waals surface area contributed by atoms with E-state index in [0.717, 1.165) is 5.56 Å². The molecule has 2 aromatic rings. The van der Waals surface area contributed by atoms with Crippen molar-refractivity contribution in [1.29, 1.82) is 0 Å². The highest BCUT2D eigenvalue weighted by Crippen LogP contribution is 2.17. The Morgan fingerprint density at radius 3 is 3.00 bits per heavy atom. The number of amides is 1. The van der Waals surface area contributed by atoms with Gasteiger partial charge in [-0.15, -0.1) is 11.3 Å². The molecule has 0 saturated carbocycles. The minimum absolute atomic E-state index is 0.294. The van der Waals surface area contributed by atoms with Crippen LogP contribution >= 0.6 is 22.9 Å². The molecule has 0 aromatic carbocycles. The molecular formula is C8H6ClN3O2S. The van der Waals surface area contributed by atoms with Crippen molar-refractivity contribution < 1.29 is 9.32 Å². The Kier molecular flexibility index (Phi) is 2.70. The molecule has 78 valence electrons. The molecule has 0 aliphatic rings. The van der Waals surface area contributed by atoms with Gasteiger partial charge in [-0.25, -0.2) is 4.98 Å². The standard InChI is InChI=1S/C8H6ClN3O2S/c1-4-2-14-12-6(4)11-7(13)8-10-5(9)3-15-8/h2-3H,1H3,(H,11,12,13). The number of anilines is 1. The van der Waals surface area contributed by atoms with Gasteiger partial charge in [-0.1, -0.05) is 16.8 Å². The highest BCUT2D eigenvalue weighted by molar-refractivity contribution is 7.12. The highest BCUT2D eigenvalue weighted by atomic mass is 35.5. The lowest BCUT2D eigenvalue weighted by molar-refractivity contribution is 0.102. The third kappa shape index (κ3) is 2.16. The van der Waals surface area contributed by atoms with Gasteiger partial charge in [0, 0.05) is 10.9 Å². The number of halogens is 1. The quantitative estimate of drug-likeness (QED) is 0.879. The van der Waals surface area contributed by atoms with Crippen molar-refractivity contribution in [3.05, 3.63) is 27.4 Å². The van der Waals surface area contributed by atoms with Gasteiger partial charge in [0.15, 0.2) is 10.8 Å². The Balaban J connectivity index is 2.14. The van der Waals surface area contributed by atoms with Gasteiger partial charge in [0.2, 0.25) is 0 Å². The highest BCUT2D eigenvalue weighted by Gasteiger charge is 2.13. The number of rotatable bonds is 2. The summed E-state index contributed by atoms with van der Waals surface area (Å²) >= 11 is 6.77. The van der Waals surface area contributed by atoms with Gasteiger partial charge in [0.25, 0.3) is 5.91 Å². The van der Waals surface area contributed by atoms with Crippen LogP contribution in [-0.4, -0.2) is 16.0 Å². The van der Waals surface area contributed by atoms with Crippen molar-refractivity contribution in [2.75, 3.05) is 5.32 Å². The summed E-state index contributed by atoms with van der Waals surface area (Å²) in [4.78, 5) is 15.4. The predicted octanol–water partition coefficient (Wildman–Crippen LogP) is 2.35. The molecule has 2 rings (SSSR count). The van der Waals surface area contributed by atoms with Crippen molar-refractivity contribution in [3.63, 3.8) is 0 Å². The van der Waals surface area contributed by atoms with Crippen LogP contribution in [0.1, 0.15) is 15.4 Å². The van der Waals surface area contributed by atoms with Crippen LogP contribution < -0.4 is 5.32 Å². The Morgan fingerprint density at radius 2 is 2.47 bits per heavy atom. The lowest BCUT2D eigenvalue weighted by Gasteiger charge is -1.97. The second kappa shape index (κ2) is 4.00. The third-order valence-corrected chi connectivity index (χ3v) is 2.81. The molecule has 5 nitrogen and oxygen atoms in total. The largest absolute Gasteiger partial charge is 0.362 e. The van der Waals surface area contributed by atoms with Crippen molar-refractivity contribution in [3.8, 4) is 0 Å². The fourth-order valence-electron chi connectivity index (χ4n) is 0.927. The molecule has 2 aromatic heterocycles. The summed E-state index contributed by atoms with van der Waals surface area (Å²) in [5, 5.41) is 8.38. The summed E-state index contributed by atoms with van der Waals surface area (Å²) in [7, 11) is 0. The van der Waals surface area contributed by atoms with Crippen molar-refractivity contribution in [2.45, 2.75) is 6.92 Å². The van der Waals surface area contributed by atoms with E-state index in [-0.39, 0.29) is 5.91 Å². The fraction of sp³-hybridized carbons (Fsp3) is 0.125. The summed E-state index contributed by atoms with van der Waals surface area (Å²) in [5.41, 5.74) is 0.756. The van der Waals surface area contributed by atoms with Gasteiger partial charge in [-0.3, -0.25) is 4.79 Å². The number of aryl methyl sites for hydroxylation is 1. The zero-order valence-electron chi connectivity index (χ0n) is 7.65. The van der Waals surface area contributed by atoms with E-state index in [1.165, 1.54) is 17.6 Å². The first kappa shape index (κ1) is 10.1. The van der Waals surface area contributed by atoms with Crippen LogP contribution in [0.25, 0.3) is 0 Å². The Hall–Kier alpha value is -1.40. The van der Waals surface area contributed by atoms with E-state index >= 15 is 0 Å². The van der Waals surface area contributed by atoms with Crippen LogP contribution in [0.4, 0.5) is 5.82 Å². The molecule has 0 fully saturated rings. The molecule has 1 N–H and O–H groups in total. The van der Waals surface area contributed by atoms with E-state index in [9.17, 15) is 4.79 Å². The summed E-state index contributed by atoms with van der Waals surface area (Å²) in [5.74, 6) is 0.0511. The predicted molar refractivity (Wildman–Crippen MR) is 56.3 cm³/mol. The van der Waals surface area contributed by atoms with Gasteiger partial charge in [-0.2, -0.15) is 0 Å². The Morgan fingerprint density at radius 1 is 1.67 bits per heavy atom.